The first-order valence-corrected chi connectivity index (χ1v) is 22.9. The van der Waals surface area contributed by atoms with E-state index in [0.29, 0.717) is 55.8 Å². The third kappa shape index (κ3) is 13.2. The lowest BCUT2D eigenvalue weighted by atomic mass is 10.1. The van der Waals surface area contributed by atoms with E-state index < -0.39 is 0 Å². The summed E-state index contributed by atoms with van der Waals surface area (Å²) in [6.45, 7) is 6.14. The second kappa shape index (κ2) is 21.7. The molecule has 3 aromatic carbocycles. The van der Waals surface area contributed by atoms with Gasteiger partial charge in [0.05, 0.1) is 35.7 Å². The van der Waals surface area contributed by atoms with Crippen molar-refractivity contribution in [1.29, 1.82) is 0 Å². The van der Waals surface area contributed by atoms with Crippen LogP contribution >= 0.6 is 36.7 Å². The number of anilines is 3. The van der Waals surface area contributed by atoms with E-state index >= 15 is 0 Å². The standard InChI is InChI=1S/C18H19N5S.C17H15N5S.C15H13N5S/c1-18(2,3)23-17(24)22-15-10-9-13-16(21-15)20-14(11-19-13)12-7-5-4-6-8-12;23-17(19-12-6-7-12)22-15-9-8-13-16(21-15)20-14(10-18-13)11-4-2-1-3-5-11;1-16-15(21)20-13-8-7-11-14(19-13)18-12(9-17-11)10-5-3-2-4-6-10/h4-11H,1-3H3,(H2,20,21,22,23,24);1-5,8-10,12H,6-7H2,(H2,19,20,21,22,23);2-9H,1H3,(H2,16,18,19,20,21). The Balaban J connectivity index is 0.000000138. The van der Waals surface area contributed by atoms with Crippen molar-refractivity contribution in [3.63, 3.8) is 0 Å². The van der Waals surface area contributed by atoms with Crippen molar-refractivity contribution >= 4 is 103 Å². The molecular weight excluding hydrogens is 907 g/mol. The Hall–Kier alpha value is -7.80. The Morgan fingerprint density at radius 2 is 0.809 bits per heavy atom. The number of hydrogen-bond donors (Lipinski definition) is 6. The van der Waals surface area contributed by atoms with E-state index in [1.807, 2.05) is 148 Å². The molecule has 9 aromatic rings. The molecule has 1 fully saturated rings. The molecule has 0 bridgehead atoms. The number of benzene rings is 3. The van der Waals surface area contributed by atoms with Gasteiger partial charge in [-0.2, -0.15) is 0 Å². The van der Waals surface area contributed by atoms with Crippen molar-refractivity contribution in [3.8, 4) is 33.8 Å². The third-order valence-electron chi connectivity index (χ3n) is 9.78. The number of hydrogen-bond acceptors (Lipinski definition) is 12. The van der Waals surface area contributed by atoms with Gasteiger partial charge in [0.2, 0.25) is 0 Å². The Kier molecular flexibility index (Phi) is 14.9. The molecule has 0 unspecified atom stereocenters. The number of nitrogens with one attached hydrogen (secondary N) is 6. The van der Waals surface area contributed by atoms with Gasteiger partial charge in [-0.15, -0.1) is 0 Å². The number of aromatic nitrogens is 9. The first-order chi connectivity index (χ1) is 32.9. The van der Waals surface area contributed by atoms with E-state index in [1.165, 1.54) is 12.8 Å². The monoisotopic (exact) mass is 953 g/mol. The van der Waals surface area contributed by atoms with Crippen LogP contribution in [0.4, 0.5) is 17.5 Å². The van der Waals surface area contributed by atoms with Gasteiger partial charge in [-0.1, -0.05) is 91.0 Å². The lowest BCUT2D eigenvalue weighted by Crippen LogP contribution is -2.43. The van der Waals surface area contributed by atoms with Crippen molar-refractivity contribution in [2.24, 2.45) is 0 Å². The second-order valence-electron chi connectivity index (χ2n) is 16.4. The predicted molar refractivity (Wildman–Crippen MR) is 285 cm³/mol. The Labute approximate surface area is 409 Å². The molecule has 15 nitrogen and oxygen atoms in total. The van der Waals surface area contributed by atoms with Crippen LogP contribution in [0.2, 0.25) is 0 Å². The quantitative estimate of drug-likeness (QED) is 0.0828. The molecule has 1 saturated carbocycles. The molecule has 1 aliphatic rings. The molecule has 10 rings (SSSR count). The maximum Gasteiger partial charge on any atom is 0.180 e. The van der Waals surface area contributed by atoms with E-state index in [9.17, 15) is 0 Å². The Morgan fingerprint density at radius 1 is 0.456 bits per heavy atom. The summed E-state index contributed by atoms with van der Waals surface area (Å²) in [6.07, 6.45) is 7.65. The van der Waals surface area contributed by atoms with Crippen molar-refractivity contribution in [2.75, 3.05) is 23.0 Å². The van der Waals surface area contributed by atoms with Gasteiger partial charge < -0.3 is 31.9 Å². The summed E-state index contributed by atoms with van der Waals surface area (Å²) in [6, 6.07) is 41.5. The van der Waals surface area contributed by atoms with Crippen LogP contribution in [0.25, 0.3) is 67.3 Å². The fourth-order valence-corrected chi connectivity index (χ4v) is 7.17. The smallest absolute Gasteiger partial charge is 0.180 e. The maximum atomic E-state index is 5.31. The molecule has 0 atom stereocenters. The SMILES string of the molecule is CC(C)(C)NC(=S)Nc1ccc2ncc(-c3ccccc3)nc2n1.CNC(=S)Nc1ccc2ncc(-c3ccccc3)nc2n1.S=C(Nc1ccc2ncc(-c3ccccc3)nc2n1)NC1CC1. The van der Waals surface area contributed by atoms with Crippen LogP contribution in [-0.4, -0.2) is 78.8 Å². The molecule has 6 aromatic heterocycles. The summed E-state index contributed by atoms with van der Waals surface area (Å²) in [5.41, 5.74) is 9.35. The largest absolute Gasteiger partial charge is 0.365 e. The molecule has 0 saturated heterocycles. The summed E-state index contributed by atoms with van der Waals surface area (Å²) < 4.78 is 0. The summed E-state index contributed by atoms with van der Waals surface area (Å²) >= 11 is 15.7. The molecule has 0 aliphatic heterocycles. The second-order valence-corrected chi connectivity index (χ2v) is 17.6. The van der Waals surface area contributed by atoms with Crippen LogP contribution in [-0.2, 0) is 0 Å². The highest BCUT2D eigenvalue weighted by atomic mass is 32.1. The van der Waals surface area contributed by atoms with Crippen LogP contribution < -0.4 is 31.9 Å². The number of nitrogens with zero attached hydrogens (tertiary/aromatic N) is 9. The van der Waals surface area contributed by atoms with E-state index in [0.717, 1.165) is 50.3 Å². The summed E-state index contributed by atoms with van der Waals surface area (Å²) in [5.74, 6) is 1.96. The van der Waals surface area contributed by atoms with Crippen molar-refractivity contribution in [1.82, 2.24) is 60.8 Å². The molecule has 1 aliphatic carbocycles. The average Bonchev–Trinajstić information content (AvgIpc) is 4.17. The summed E-state index contributed by atoms with van der Waals surface area (Å²) in [4.78, 5) is 40.5. The van der Waals surface area contributed by atoms with Crippen LogP contribution in [0.1, 0.15) is 33.6 Å². The lowest BCUT2D eigenvalue weighted by Gasteiger charge is -2.22. The summed E-state index contributed by atoms with van der Waals surface area (Å²) in [5, 5.41) is 20.1. The highest BCUT2D eigenvalue weighted by Gasteiger charge is 2.22. The van der Waals surface area contributed by atoms with Crippen molar-refractivity contribution in [3.05, 3.63) is 146 Å². The Morgan fingerprint density at radius 3 is 1.15 bits per heavy atom. The highest BCUT2D eigenvalue weighted by molar-refractivity contribution is 7.80. The minimum atomic E-state index is -0.110. The molecule has 0 radical (unpaired) electrons. The molecule has 18 heteroatoms. The van der Waals surface area contributed by atoms with Gasteiger partial charge in [0, 0.05) is 35.3 Å². The van der Waals surface area contributed by atoms with E-state index in [-0.39, 0.29) is 5.54 Å². The Bertz CT molecular complexity index is 3210. The highest BCUT2D eigenvalue weighted by Crippen LogP contribution is 2.23. The average molecular weight is 954 g/mol. The first kappa shape index (κ1) is 46.7. The van der Waals surface area contributed by atoms with Gasteiger partial charge in [0.1, 0.15) is 34.0 Å². The molecule has 0 spiro atoms. The normalized spacial score (nSPS) is 11.8. The minimum Gasteiger partial charge on any atom is -0.365 e. The van der Waals surface area contributed by atoms with Crippen LogP contribution in [0.15, 0.2) is 146 Å². The van der Waals surface area contributed by atoms with E-state index in [4.69, 9.17) is 36.7 Å². The molecule has 6 N–H and O–H groups in total. The first-order valence-electron chi connectivity index (χ1n) is 21.7. The lowest BCUT2D eigenvalue weighted by molar-refractivity contribution is 0.515. The zero-order chi connectivity index (χ0) is 47.5. The van der Waals surface area contributed by atoms with Gasteiger partial charge in [-0.05, 0) is 107 Å². The topological polar surface area (TPSA) is 188 Å². The van der Waals surface area contributed by atoms with E-state index in [1.54, 1.807) is 25.6 Å². The van der Waals surface area contributed by atoms with Gasteiger partial charge in [-0.25, -0.2) is 29.9 Å². The minimum absolute atomic E-state index is 0.110. The van der Waals surface area contributed by atoms with Crippen LogP contribution in [0.3, 0.4) is 0 Å². The number of fused-ring (bicyclic) bond motifs is 3. The number of thiocarbonyl (C=S) groups is 3. The fourth-order valence-electron chi connectivity index (χ4n) is 6.38. The van der Waals surface area contributed by atoms with Crippen LogP contribution in [0.5, 0.6) is 0 Å². The van der Waals surface area contributed by atoms with Gasteiger partial charge >= 0.3 is 0 Å². The summed E-state index contributed by atoms with van der Waals surface area (Å²) in [7, 11) is 1.75. The van der Waals surface area contributed by atoms with E-state index in [2.05, 4.69) is 76.8 Å². The van der Waals surface area contributed by atoms with Crippen molar-refractivity contribution in [2.45, 2.75) is 45.2 Å². The number of pyridine rings is 3. The third-order valence-corrected chi connectivity index (χ3v) is 10.5. The molecule has 68 heavy (non-hydrogen) atoms. The fraction of sp³-hybridized carbons (Fsp3) is 0.160. The van der Waals surface area contributed by atoms with Gasteiger partial charge in [0.15, 0.2) is 32.3 Å². The maximum absolute atomic E-state index is 5.31. The molecular formula is C50H47N15S3. The molecule has 0 amide bonds. The van der Waals surface area contributed by atoms with Gasteiger partial charge in [0.25, 0.3) is 0 Å². The number of rotatable bonds is 7. The molecule has 340 valence electrons. The zero-order valence-corrected chi connectivity index (χ0v) is 40.0. The zero-order valence-electron chi connectivity index (χ0n) is 37.6. The van der Waals surface area contributed by atoms with Crippen molar-refractivity contribution < 1.29 is 0 Å². The predicted octanol–water partition coefficient (Wildman–Crippen LogP) is 9.53. The molecule has 6 heterocycles. The van der Waals surface area contributed by atoms with Gasteiger partial charge in [-0.3, -0.25) is 15.0 Å². The van der Waals surface area contributed by atoms with Crippen LogP contribution in [0, 0.1) is 0 Å².